The molecule has 0 unspecified atom stereocenters. The highest BCUT2D eigenvalue weighted by Crippen LogP contribution is 2.40. The van der Waals surface area contributed by atoms with E-state index in [9.17, 15) is 18.3 Å². The molecule has 1 atom stereocenters. The SMILES string of the molecule is CCCNc1nc(NC(C)C)nc(C2=C(F)[C@@H](O)C(F)(F)CC2)n1. The summed E-state index contributed by atoms with van der Waals surface area (Å²) >= 11 is 0. The summed E-state index contributed by atoms with van der Waals surface area (Å²) in [6.07, 6.45) is -2.55. The summed E-state index contributed by atoms with van der Waals surface area (Å²) in [4.78, 5) is 12.4. The summed E-state index contributed by atoms with van der Waals surface area (Å²) in [5.74, 6) is -4.35. The van der Waals surface area contributed by atoms with Crippen LogP contribution in [0.4, 0.5) is 25.1 Å². The molecule has 0 saturated heterocycles. The Morgan fingerprint density at radius 2 is 1.92 bits per heavy atom. The highest BCUT2D eigenvalue weighted by atomic mass is 19.3. The van der Waals surface area contributed by atoms with Gasteiger partial charge in [0.1, 0.15) is 5.83 Å². The van der Waals surface area contributed by atoms with Crippen LogP contribution < -0.4 is 10.6 Å². The second-order valence-corrected chi connectivity index (χ2v) is 6.02. The number of aromatic nitrogens is 3. The van der Waals surface area contributed by atoms with Crippen molar-refractivity contribution in [3.63, 3.8) is 0 Å². The van der Waals surface area contributed by atoms with Crippen LogP contribution in [0, 0.1) is 0 Å². The Morgan fingerprint density at radius 1 is 1.25 bits per heavy atom. The third-order valence-corrected chi connectivity index (χ3v) is 3.49. The Bertz CT molecular complexity index is 621. The summed E-state index contributed by atoms with van der Waals surface area (Å²) in [5.41, 5.74) is -0.109. The molecule has 0 saturated carbocycles. The molecule has 1 aliphatic rings. The lowest BCUT2D eigenvalue weighted by atomic mass is 9.92. The molecule has 24 heavy (non-hydrogen) atoms. The smallest absolute Gasteiger partial charge is 0.280 e. The number of hydrogen-bond acceptors (Lipinski definition) is 6. The highest BCUT2D eigenvalue weighted by Gasteiger charge is 2.46. The van der Waals surface area contributed by atoms with Crippen molar-refractivity contribution in [3.05, 3.63) is 11.7 Å². The first-order valence-corrected chi connectivity index (χ1v) is 7.96. The first-order valence-electron chi connectivity index (χ1n) is 7.96. The number of hydrogen-bond donors (Lipinski definition) is 3. The molecule has 1 aliphatic carbocycles. The predicted octanol–water partition coefficient (Wildman–Crippen LogP) is 2.98. The fourth-order valence-corrected chi connectivity index (χ4v) is 2.27. The average molecular weight is 345 g/mol. The highest BCUT2D eigenvalue weighted by molar-refractivity contribution is 5.66. The summed E-state index contributed by atoms with van der Waals surface area (Å²) in [7, 11) is 0. The standard InChI is InChI=1S/C15H22F3N5O/c1-4-7-19-13-21-12(22-14(23-13)20-8(2)3)9-5-6-15(17,18)11(24)10(9)16/h8,11,24H,4-7H2,1-3H3,(H2,19,20,21,22,23)/t11-/m1/s1. The van der Waals surface area contributed by atoms with Crippen molar-refractivity contribution in [2.45, 2.75) is 58.1 Å². The van der Waals surface area contributed by atoms with E-state index in [4.69, 9.17) is 0 Å². The van der Waals surface area contributed by atoms with Gasteiger partial charge in [0.05, 0.1) is 0 Å². The third kappa shape index (κ3) is 4.14. The number of anilines is 2. The molecule has 1 aromatic rings. The molecule has 0 bridgehead atoms. The first-order chi connectivity index (χ1) is 11.2. The molecule has 134 valence electrons. The Balaban J connectivity index is 2.42. The minimum Gasteiger partial charge on any atom is -0.380 e. The maximum atomic E-state index is 14.2. The van der Waals surface area contributed by atoms with Crippen LogP contribution in [-0.4, -0.2) is 44.7 Å². The maximum absolute atomic E-state index is 14.2. The van der Waals surface area contributed by atoms with Crippen LogP contribution >= 0.6 is 0 Å². The number of allylic oxidation sites excluding steroid dienone is 1. The molecule has 1 aromatic heterocycles. The van der Waals surface area contributed by atoms with Gasteiger partial charge in [0, 0.05) is 24.6 Å². The van der Waals surface area contributed by atoms with Crippen LogP contribution in [0.1, 0.15) is 45.9 Å². The van der Waals surface area contributed by atoms with Gasteiger partial charge in [-0.3, -0.25) is 0 Å². The zero-order chi connectivity index (χ0) is 17.9. The molecule has 3 N–H and O–H groups in total. The minimum absolute atomic E-state index is 0.0272. The van der Waals surface area contributed by atoms with E-state index in [1.54, 1.807) is 0 Å². The molecular weight excluding hydrogens is 323 g/mol. The van der Waals surface area contributed by atoms with Gasteiger partial charge in [-0.15, -0.1) is 0 Å². The average Bonchev–Trinajstić information content (AvgIpc) is 2.50. The Labute approximate surface area is 138 Å². The van der Waals surface area contributed by atoms with E-state index in [0.717, 1.165) is 6.42 Å². The number of rotatable bonds is 6. The van der Waals surface area contributed by atoms with Crippen molar-refractivity contribution in [2.24, 2.45) is 0 Å². The Kier molecular flexibility index (Phi) is 5.63. The molecule has 0 aliphatic heterocycles. The monoisotopic (exact) mass is 345 g/mol. The largest absolute Gasteiger partial charge is 0.380 e. The van der Waals surface area contributed by atoms with Gasteiger partial charge in [-0.2, -0.15) is 15.0 Å². The second kappa shape index (κ2) is 7.33. The zero-order valence-corrected chi connectivity index (χ0v) is 13.9. The lowest BCUT2D eigenvalue weighted by Gasteiger charge is -2.27. The van der Waals surface area contributed by atoms with Crippen LogP contribution in [-0.2, 0) is 0 Å². The number of aliphatic hydroxyl groups is 1. The normalized spacial score (nSPS) is 20.4. The fraction of sp³-hybridized carbons (Fsp3) is 0.667. The molecule has 0 fully saturated rings. The van der Waals surface area contributed by atoms with Gasteiger partial charge in [0.2, 0.25) is 11.9 Å². The maximum Gasteiger partial charge on any atom is 0.280 e. The van der Waals surface area contributed by atoms with Gasteiger partial charge in [-0.1, -0.05) is 6.92 Å². The molecule has 0 aromatic carbocycles. The number of aliphatic hydroxyl groups excluding tert-OH is 1. The van der Waals surface area contributed by atoms with Crippen LogP contribution in [0.15, 0.2) is 5.83 Å². The van der Waals surface area contributed by atoms with Crippen LogP contribution in [0.2, 0.25) is 0 Å². The first kappa shape index (κ1) is 18.4. The summed E-state index contributed by atoms with van der Waals surface area (Å²) < 4.78 is 41.1. The fourth-order valence-electron chi connectivity index (χ4n) is 2.27. The van der Waals surface area contributed by atoms with Crippen molar-refractivity contribution in [1.29, 1.82) is 0 Å². The van der Waals surface area contributed by atoms with Crippen molar-refractivity contribution >= 4 is 17.5 Å². The van der Waals surface area contributed by atoms with Gasteiger partial charge in [-0.25, -0.2) is 13.2 Å². The van der Waals surface area contributed by atoms with E-state index in [0.29, 0.717) is 6.54 Å². The van der Waals surface area contributed by atoms with E-state index in [2.05, 4.69) is 25.6 Å². The summed E-state index contributed by atoms with van der Waals surface area (Å²) in [6, 6.07) is 0.0272. The van der Waals surface area contributed by atoms with Gasteiger partial charge < -0.3 is 15.7 Å². The number of halogens is 3. The third-order valence-electron chi connectivity index (χ3n) is 3.49. The van der Waals surface area contributed by atoms with E-state index in [1.165, 1.54) is 0 Å². The van der Waals surface area contributed by atoms with Crippen LogP contribution in [0.25, 0.3) is 5.57 Å². The summed E-state index contributed by atoms with van der Waals surface area (Å²) in [6.45, 7) is 6.33. The van der Waals surface area contributed by atoms with Gasteiger partial charge >= 0.3 is 0 Å². The molecule has 0 amide bonds. The lowest BCUT2D eigenvalue weighted by molar-refractivity contribution is -0.107. The minimum atomic E-state index is -3.48. The van der Waals surface area contributed by atoms with Crippen LogP contribution in [0.5, 0.6) is 0 Å². The molecule has 1 heterocycles. The van der Waals surface area contributed by atoms with E-state index < -0.39 is 24.3 Å². The molecule has 6 nitrogen and oxygen atoms in total. The van der Waals surface area contributed by atoms with Crippen molar-refractivity contribution in [2.75, 3.05) is 17.2 Å². The molecular formula is C15H22F3N5O. The van der Waals surface area contributed by atoms with Crippen LogP contribution in [0.3, 0.4) is 0 Å². The Morgan fingerprint density at radius 3 is 2.54 bits per heavy atom. The van der Waals surface area contributed by atoms with Gasteiger partial charge in [-0.05, 0) is 26.7 Å². The molecule has 0 radical (unpaired) electrons. The number of alkyl halides is 2. The topological polar surface area (TPSA) is 83.0 Å². The second-order valence-electron chi connectivity index (χ2n) is 6.02. The van der Waals surface area contributed by atoms with E-state index in [-0.39, 0.29) is 35.8 Å². The number of nitrogens with zero attached hydrogens (tertiary/aromatic N) is 3. The van der Waals surface area contributed by atoms with Crippen molar-refractivity contribution in [1.82, 2.24) is 15.0 Å². The van der Waals surface area contributed by atoms with E-state index >= 15 is 0 Å². The van der Waals surface area contributed by atoms with Gasteiger partial charge in [0.25, 0.3) is 5.92 Å². The lowest BCUT2D eigenvalue weighted by Crippen LogP contribution is -2.37. The molecule has 2 rings (SSSR count). The number of nitrogens with one attached hydrogen (secondary N) is 2. The van der Waals surface area contributed by atoms with E-state index in [1.807, 2.05) is 20.8 Å². The molecule has 9 heteroatoms. The van der Waals surface area contributed by atoms with Crippen molar-refractivity contribution in [3.8, 4) is 0 Å². The van der Waals surface area contributed by atoms with Crippen molar-refractivity contribution < 1.29 is 18.3 Å². The molecule has 0 spiro atoms. The Hall–Kier alpha value is -1.90. The quantitative estimate of drug-likeness (QED) is 0.735. The van der Waals surface area contributed by atoms with Gasteiger partial charge in [0.15, 0.2) is 11.9 Å². The summed E-state index contributed by atoms with van der Waals surface area (Å²) in [5, 5.41) is 15.4. The zero-order valence-electron chi connectivity index (χ0n) is 13.9. The predicted molar refractivity (Wildman–Crippen MR) is 85.6 cm³/mol.